The molecule has 68 heavy (non-hydrogen) atoms. The second-order valence-electron chi connectivity index (χ2n) is 21.4. The molecule has 0 spiro atoms. The lowest BCUT2D eigenvalue weighted by molar-refractivity contribution is -0.143. The Morgan fingerprint density at radius 3 is 1.00 bits per heavy atom. The maximum atomic E-state index is 12.5. The second-order valence-corrected chi connectivity index (χ2v) is 21.4. The molecule has 1 amide bonds. The van der Waals surface area contributed by atoms with Crippen LogP contribution in [0.15, 0.2) is 12.2 Å². The monoisotopic (exact) mass is 960 g/mol. The van der Waals surface area contributed by atoms with E-state index in [9.17, 15) is 19.8 Å². The van der Waals surface area contributed by atoms with E-state index in [0.717, 1.165) is 44.9 Å². The van der Waals surface area contributed by atoms with E-state index in [4.69, 9.17) is 4.74 Å². The maximum absolute atomic E-state index is 12.5. The van der Waals surface area contributed by atoms with Crippen molar-refractivity contribution in [2.45, 2.75) is 360 Å². The van der Waals surface area contributed by atoms with E-state index in [1.54, 1.807) is 6.08 Å². The number of carbonyl (C=O) groups is 2. The highest BCUT2D eigenvalue weighted by Crippen LogP contribution is 2.18. The van der Waals surface area contributed by atoms with E-state index in [1.807, 2.05) is 6.08 Å². The summed E-state index contributed by atoms with van der Waals surface area (Å²) in [6.45, 7) is 4.92. The van der Waals surface area contributed by atoms with Gasteiger partial charge in [-0.25, -0.2) is 0 Å². The molecule has 0 aliphatic carbocycles. The Morgan fingerprint density at radius 1 is 0.397 bits per heavy atom. The van der Waals surface area contributed by atoms with Gasteiger partial charge in [0.15, 0.2) is 0 Å². The molecule has 0 aromatic carbocycles. The molecule has 2 atom stereocenters. The van der Waals surface area contributed by atoms with Crippen LogP contribution in [0, 0.1) is 0 Å². The minimum absolute atomic E-state index is 0.00209. The molecule has 0 saturated heterocycles. The van der Waals surface area contributed by atoms with Crippen molar-refractivity contribution >= 4 is 11.9 Å². The second kappa shape index (κ2) is 58.2. The summed E-state index contributed by atoms with van der Waals surface area (Å²) in [7, 11) is 0. The Morgan fingerprint density at radius 2 is 0.676 bits per heavy atom. The zero-order valence-corrected chi connectivity index (χ0v) is 46.1. The summed E-state index contributed by atoms with van der Waals surface area (Å²) in [4.78, 5) is 24.5. The molecule has 0 aliphatic heterocycles. The van der Waals surface area contributed by atoms with E-state index in [0.29, 0.717) is 19.4 Å². The predicted octanol–water partition coefficient (Wildman–Crippen LogP) is 19.2. The lowest BCUT2D eigenvalue weighted by atomic mass is 10.0. The lowest BCUT2D eigenvalue weighted by Crippen LogP contribution is -2.45. The zero-order chi connectivity index (χ0) is 49.3. The van der Waals surface area contributed by atoms with Crippen molar-refractivity contribution in [1.29, 1.82) is 0 Å². The zero-order valence-electron chi connectivity index (χ0n) is 46.1. The van der Waals surface area contributed by atoms with Gasteiger partial charge in [-0.1, -0.05) is 315 Å². The first-order valence-corrected chi connectivity index (χ1v) is 31.0. The van der Waals surface area contributed by atoms with E-state index >= 15 is 0 Å². The first-order valence-electron chi connectivity index (χ1n) is 31.0. The van der Waals surface area contributed by atoms with Crippen LogP contribution in [0.3, 0.4) is 0 Å². The van der Waals surface area contributed by atoms with Gasteiger partial charge in [0.25, 0.3) is 0 Å². The van der Waals surface area contributed by atoms with Gasteiger partial charge in [-0.2, -0.15) is 0 Å². The van der Waals surface area contributed by atoms with Gasteiger partial charge in [0, 0.05) is 12.8 Å². The quantitative estimate of drug-likeness (QED) is 0.0321. The number of esters is 1. The number of ether oxygens (including phenoxy) is 1. The van der Waals surface area contributed by atoms with Gasteiger partial charge in [-0.3, -0.25) is 9.59 Å². The molecule has 0 aromatic heterocycles. The molecule has 0 aromatic rings. The van der Waals surface area contributed by atoms with Gasteiger partial charge in [0.1, 0.15) is 0 Å². The van der Waals surface area contributed by atoms with Crippen molar-refractivity contribution in [2.75, 3.05) is 13.2 Å². The van der Waals surface area contributed by atoms with Crippen molar-refractivity contribution in [3.63, 3.8) is 0 Å². The molecule has 0 rings (SSSR count). The van der Waals surface area contributed by atoms with Crippen LogP contribution in [0.5, 0.6) is 0 Å². The van der Waals surface area contributed by atoms with Crippen LogP contribution in [0.25, 0.3) is 0 Å². The molecule has 0 heterocycles. The van der Waals surface area contributed by atoms with Crippen LogP contribution in [-0.4, -0.2) is 47.4 Å². The van der Waals surface area contributed by atoms with Gasteiger partial charge in [0.05, 0.1) is 25.4 Å². The number of rotatable bonds is 58. The van der Waals surface area contributed by atoms with Gasteiger partial charge < -0.3 is 20.3 Å². The molecule has 404 valence electrons. The number of aliphatic hydroxyl groups is 2. The summed E-state index contributed by atoms with van der Waals surface area (Å²) in [6.07, 6.45) is 69.6. The molecular formula is C62H121NO5. The largest absolute Gasteiger partial charge is 0.466 e. The van der Waals surface area contributed by atoms with E-state index in [2.05, 4.69) is 19.2 Å². The summed E-state index contributed by atoms with van der Waals surface area (Å²) in [5.74, 6) is -0.0702. The number of aliphatic hydroxyl groups excluding tert-OH is 2. The highest BCUT2D eigenvalue weighted by molar-refractivity contribution is 5.76. The van der Waals surface area contributed by atoms with Crippen LogP contribution in [0.2, 0.25) is 0 Å². The number of carbonyl (C=O) groups excluding carboxylic acids is 2. The SMILES string of the molecule is CCCCCCCCCCCCCCCCCCCCCCC/C=C/C(O)C(CO)NC(=O)CCCCCCCCCCCCCCCCCOC(=O)CCCCCCCCCCCCCCC. The van der Waals surface area contributed by atoms with Gasteiger partial charge in [-0.05, 0) is 32.1 Å². The fourth-order valence-corrected chi connectivity index (χ4v) is 9.81. The van der Waals surface area contributed by atoms with Crippen LogP contribution in [-0.2, 0) is 14.3 Å². The summed E-state index contributed by atoms with van der Waals surface area (Å²) in [5, 5.41) is 23.2. The molecule has 6 nitrogen and oxygen atoms in total. The fourth-order valence-electron chi connectivity index (χ4n) is 9.81. The van der Waals surface area contributed by atoms with Crippen molar-refractivity contribution in [2.24, 2.45) is 0 Å². The Balaban J connectivity index is 3.45. The standard InChI is InChI=1S/C62H121NO5/c1-3-5-7-9-11-13-15-17-18-19-20-21-22-23-24-25-27-31-34-38-42-46-50-54-60(65)59(58-64)63-61(66)55-51-47-43-39-35-32-28-26-29-33-37-41-45-49-53-57-68-62(67)56-52-48-44-40-36-30-16-14-12-10-8-6-4-2/h50,54,59-60,64-65H,3-49,51-53,55-58H2,1-2H3,(H,63,66)/b54-50+. The number of allylic oxidation sites excluding steroid dienone is 1. The molecular weight excluding hydrogens is 839 g/mol. The number of hydrogen-bond acceptors (Lipinski definition) is 5. The van der Waals surface area contributed by atoms with Crippen molar-refractivity contribution in [3.05, 3.63) is 12.2 Å². The Kier molecular flexibility index (Phi) is 57.0. The summed E-state index contributed by atoms with van der Waals surface area (Å²) < 4.78 is 5.47. The highest BCUT2D eigenvalue weighted by atomic mass is 16.5. The van der Waals surface area contributed by atoms with E-state index in [-0.39, 0.29) is 18.5 Å². The van der Waals surface area contributed by atoms with Crippen LogP contribution >= 0.6 is 0 Å². The topological polar surface area (TPSA) is 95.9 Å². The van der Waals surface area contributed by atoms with Crippen molar-refractivity contribution in [1.82, 2.24) is 5.32 Å². The average Bonchev–Trinajstić information content (AvgIpc) is 3.34. The molecule has 0 fully saturated rings. The predicted molar refractivity (Wildman–Crippen MR) is 297 cm³/mol. The van der Waals surface area contributed by atoms with Crippen molar-refractivity contribution in [3.8, 4) is 0 Å². The van der Waals surface area contributed by atoms with Gasteiger partial charge >= 0.3 is 5.97 Å². The third-order valence-electron chi connectivity index (χ3n) is 14.6. The van der Waals surface area contributed by atoms with Gasteiger partial charge in [-0.15, -0.1) is 0 Å². The highest BCUT2D eigenvalue weighted by Gasteiger charge is 2.18. The Bertz CT molecular complexity index is 1020. The third kappa shape index (κ3) is 53.9. The summed E-state index contributed by atoms with van der Waals surface area (Å²) in [6, 6.07) is -0.634. The molecule has 0 radical (unpaired) electrons. The van der Waals surface area contributed by atoms with Crippen molar-refractivity contribution < 1.29 is 24.5 Å². The Hall–Kier alpha value is -1.40. The average molecular weight is 961 g/mol. The molecule has 0 bridgehead atoms. The normalized spacial score (nSPS) is 12.6. The number of nitrogens with one attached hydrogen (secondary N) is 1. The minimum Gasteiger partial charge on any atom is -0.466 e. The molecule has 6 heteroatoms. The van der Waals surface area contributed by atoms with E-state index < -0.39 is 12.1 Å². The smallest absolute Gasteiger partial charge is 0.305 e. The van der Waals surface area contributed by atoms with Crippen LogP contribution in [0.4, 0.5) is 0 Å². The fraction of sp³-hybridized carbons (Fsp3) is 0.935. The Labute approximate surface area is 425 Å². The lowest BCUT2D eigenvalue weighted by Gasteiger charge is -2.20. The molecule has 3 N–H and O–H groups in total. The molecule has 2 unspecified atom stereocenters. The maximum Gasteiger partial charge on any atom is 0.305 e. The third-order valence-corrected chi connectivity index (χ3v) is 14.6. The first kappa shape index (κ1) is 66.6. The van der Waals surface area contributed by atoms with Crippen LogP contribution in [0.1, 0.15) is 348 Å². The molecule has 0 saturated carbocycles. The minimum atomic E-state index is -0.850. The van der Waals surface area contributed by atoms with Gasteiger partial charge in [0.2, 0.25) is 5.91 Å². The first-order chi connectivity index (χ1) is 33.5. The number of amides is 1. The summed E-state index contributed by atoms with van der Waals surface area (Å²) >= 11 is 0. The van der Waals surface area contributed by atoms with E-state index in [1.165, 1.54) is 276 Å². The van der Waals surface area contributed by atoms with Crippen LogP contribution < -0.4 is 5.32 Å². The molecule has 0 aliphatic rings. The number of unbranched alkanes of at least 4 members (excludes halogenated alkanes) is 47. The summed E-state index contributed by atoms with van der Waals surface area (Å²) in [5.41, 5.74) is 0. The number of hydrogen-bond donors (Lipinski definition) is 3.